The van der Waals surface area contributed by atoms with Crippen LogP contribution in [0.4, 0.5) is 4.39 Å². The van der Waals surface area contributed by atoms with E-state index in [0.717, 1.165) is 10.0 Å². The Morgan fingerprint density at radius 2 is 1.81 bits per heavy atom. The number of benzene rings is 3. The second kappa shape index (κ2) is 9.09. The molecule has 136 valence electrons. The highest BCUT2D eigenvalue weighted by atomic mass is 79.9. The molecular weight excluding hydrogens is 411 g/mol. The van der Waals surface area contributed by atoms with Crippen LogP contribution < -0.4 is 10.2 Å². The summed E-state index contributed by atoms with van der Waals surface area (Å²) in [5.74, 6) is -0.0520. The molecule has 0 saturated heterocycles. The molecule has 0 saturated carbocycles. The molecule has 0 spiro atoms. The normalized spacial score (nSPS) is 10.7. The van der Waals surface area contributed by atoms with Gasteiger partial charge in [0.2, 0.25) is 0 Å². The van der Waals surface area contributed by atoms with E-state index in [1.165, 1.54) is 18.3 Å². The Kier molecular flexibility index (Phi) is 6.33. The van der Waals surface area contributed by atoms with Crippen molar-refractivity contribution in [1.29, 1.82) is 0 Å². The Hall–Kier alpha value is -2.99. The summed E-state index contributed by atoms with van der Waals surface area (Å²) in [6.45, 7) is 0.441. The summed E-state index contributed by atoms with van der Waals surface area (Å²) in [6, 6.07) is 20.6. The lowest BCUT2D eigenvalue weighted by Gasteiger charge is -2.07. The molecule has 0 radical (unpaired) electrons. The van der Waals surface area contributed by atoms with Gasteiger partial charge in [-0.3, -0.25) is 4.79 Å². The molecule has 4 nitrogen and oxygen atoms in total. The third-order valence-corrected chi connectivity index (χ3v) is 4.19. The molecule has 27 heavy (non-hydrogen) atoms. The minimum atomic E-state index is -0.359. The predicted octanol–water partition coefficient (Wildman–Crippen LogP) is 4.93. The summed E-state index contributed by atoms with van der Waals surface area (Å²) in [6.07, 6.45) is 1.39. The van der Waals surface area contributed by atoms with Crippen molar-refractivity contribution in [2.75, 3.05) is 0 Å². The predicted molar refractivity (Wildman–Crippen MR) is 106 cm³/mol. The van der Waals surface area contributed by atoms with Crippen molar-refractivity contribution >= 4 is 28.1 Å². The van der Waals surface area contributed by atoms with Gasteiger partial charge in [0.1, 0.15) is 18.2 Å². The highest BCUT2D eigenvalue weighted by molar-refractivity contribution is 9.10. The van der Waals surface area contributed by atoms with E-state index in [0.29, 0.717) is 23.5 Å². The van der Waals surface area contributed by atoms with Gasteiger partial charge in [-0.1, -0.05) is 40.2 Å². The van der Waals surface area contributed by atoms with Crippen molar-refractivity contribution in [3.8, 4) is 5.75 Å². The number of nitrogens with one attached hydrogen (secondary N) is 1. The molecule has 0 aliphatic rings. The second-order valence-electron chi connectivity index (χ2n) is 5.69. The first kappa shape index (κ1) is 18.8. The van der Waals surface area contributed by atoms with Crippen molar-refractivity contribution in [1.82, 2.24) is 5.43 Å². The first-order chi connectivity index (χ1) is 13.1. The van der Waals surface area contributed by atoms with E-state index in [1.54, 1.807) is 36.4 Å². The fraction of sp³-hybridized carbons (Fsp3) is 0.0476. The van der Waals surface area contributed by atoms with Gasteiger partial charge in [0.15, 0.2) is 0 Å². The van der Waals surface area contributed by atoms with Crippen molar-refractivity contribution in [3.63, 3.8) is 0 Å². The van der Waals surface area contributed by atoms with Gasteiger partial charge in [-0.05, 0) is 59.7 Å². The van der Waals surface area contributed by atoms with E-state index in [1.807, 2.05) is 24.3 Å². The van der Waals surface area contributed by atoms with Crippen LogP contribution in [0.5, 0.6) is 5.75 Å². The third kappa shape index (κ3) is 5.76. The van der Waals surface area contributed by atoms with Crippen LogP contribution in [-0.2, 0) is 6.61 Å². The van der Waals surface area contributed by atoms with Gasteiger partial charge in [-0.15, -0.1) is 0 Å². The molecule has 0 heterocycles. The second-order valence-corrected chi connectivity index (χ2v) is 6.61. The average Bonchev–Trinajstić information content (AvgIpc) is 2.68. The maximum atomic E-state index is 13.1. The molecule has 0 atom stereocenters. The lowest BCUT2D eigenvalue weighted by atomic mass is 10.2. The van der Waals surface area contributed by atoms with Crippen molar-refractivity contribution in [2.24, 2.45) is 5.10 Å². The lowest BCUT2D eigenvalue weighted by Crippen LogP contribution is -2.17. The van der Waals surface area contributed by atoms with Gasteiger partial charge in [-0.2, -0.15) is 5.10 Å². The van der Waals surface area contributed by atoms with E-state index in [9.17, 15) is 9.18 Å². The summed E-state index contributed by atoms with van der Waals surface area (Å²) in [7, 11) is 0. The number of hydrogen-bond acceptors (Lipinski definition) is 3. The van der Waals surface area contributed by atoms with Crippen LogP contribution >= 0.6 is 15.9 Å². The zero-order valence-electron chi connectivity index (χ0n) is 14.2. The SMILES string of the molecule is O=C(N/N=C\c1cccc(F)c1)c1ccc(OCc2ccc(Br)cc2)cc1. The molecule has 6 heteroatoms. The van der Waals surface area contributed by atoms with E-state index in [2.05, 4.69) is 26.5 Å². The van der Waals surface area contributed by atoms with Crippen LogP contribution in [0.25, 0.3) is 0 Å². The molecule has 1 amide bonds. The van der Waals surface area contributed by atoms with Gasteiger partial charge in [-0.25, -0.2) is 9.82 Å². The number of nitrogens with zero attached hydrogens (tertiary/aromatic N) is 1. The van der Waals surface area contributed by atoms with Crippen molar-refractivity contribution in [2.45, 2.75) is 6.61 Å². The highest BCUT2D eigenvalue weighted by Gasteiger charge is 2.04. The lowest BCUT2D eigenvalue weighted by molar-refractivity contribution is 0.0955. The van der Waals surface area contributed by atoms with E-state index < -0.39 is 0 Å². The summed E-state index contributed by atoms with van der Waals surface area (Å²) < 4.78 is 19.8. The van der Waals surface area contributed by atoms with Crippen LogP contribution in [-0.4, -0.2) is 12.1 Å². The number of hydrogen-bond donors (Lipinski definition) is 1. The maximum absolute atomic E-state index is 13.1. The van der Waals surface area contributed by atoms with Crippen molar-refractivity contribution in [3.05, 3.63) is 99.8 Å². The van der Waals surface area contributed by atoms with E-state index in [-0.39, 0.29) is 11.7 Å². The third-order valence-electron chi connectivity index (χ3n) is 3.66. The minimum absolute atomic E-state index is 0.357. The van der Waals surface area contributed by atoms with Crippen LogP contribution in [0.3, 0.4) is 0 Å². The molecule has 1 N–H and O–H groups in total. The summed E-state index contributed by atoms with van der Waals surface area (Å²) >= 11 is 3.39. The highest BCUT2D eigenvalue weighted by Crippen LogP contribution is 2.16. The standard InChI is InChI=1S/C21H16BrFN2O2/c22-18-8-4-15(5-9-18)14-27-20-10-6-17(7-11-20)21(26)25-24-13-16-2-1-3-19(23)12-16/h1-13H,14H2,(H,25,26)/b24-13-. The first-order valence-corrected chi connectivity index (χ1v) is 8.96. The van der Waals surface area contributed by atoms with Crippen LogP contribution in [0.15, 0.2) is 82.4 Å². The molecule has 0 fully saturated rings. The van der Waals surface area contributed by atoms with Crippen LogP contribution in [0.2, 0.25) is 0 Å². The smallest absolute Gasteiger partial charge is 0.271 e. The van der Waals surface area contributed by atoms with Crippen LogP contribution in [0, 0.1) is 5.82 Å². The average molecular weight is 427 g/mol. The number of rotatable bonds is 6. The van der Waals surface area contributed by atoms with E-state index in [4.69, 9.17) is 4.74 Å². The Morgan fingerprint density at radius 1 is 1.07 bits per heavy atom. The first-order valence-electron chi connectivity index (χ1n) is 8.16. The Labute approximate surface area is 164 Å². The molecule has 3 aromatic rings. The number of carbonyl (C=O) groups excluding carboxylic acids is 1. The van der Waals surface area contributed by atoms with Gasteiger partial charge >= 0.3 is 0 Å². The topological polar surface area (TPSA) is 50.7 Å². The largest absolute Gasteiger partial charge is 0.489 e. The summed E-state index contributed by atoms with van der Waals surface area (Å²) in [5, 5.41) is 3.84. The number of carbonyl (C=O) groups is 1. The molecule has 0 aliphatic heterocycles. The molecule has 0 bridgehead atoms. The van der Waals surface area contributed by atoms with Gasteiger partial charge in [0.05, 0.1) is 6.21 Å². The Morgan fingerprint density at radius 3 is 2.52 bits per heavy atom. The Bertz CT molecular complexity index is 941. The summed E-state index contributed by atoms with van der Waals surface area (Å²) in [4.78, 5) is 12.1. The molecule has 0 unspecified atom stereocenters. The van der Waals surface area contributed by atoms with Gasteiger partial charge < -0.3 is 4.74 Å². The fourth-order valence-electron chi connectivity index (χ4n) is 2.27. The van der Waals surface area contributed by atoms with Gasteiger partial charge in [0, 0.05) is 10.0 Å². The van der Waals surface area contributed by atoms with E-state index >= 15 is 0 Å². The quantitative estimate of drug-likeness (QED) is 0.448. The van der Waals surface area contributed by atoms with Gasteiger partial charge in [0.25, 0.3) is 5.91 Å². The molecule has 0 aromatic heterocycles. The minimum Gasteiger partial charge on any atom is -0.489 e. The van der Waals surface area contributed by atoms with Crippen LogP contribution in [0.1, 0.15) is 21.5 Å². The summed E-state index contributed by atoms with van der Waals surface area (Å²) in [5.41, 5.74) is 4.47. The fourth-order valence-corrected chi connectivity index (χ4v) is 2.53. The maximum Gasteiger partial charge on any atom is 0.271 e. The molecule has 0 aliphatic carbocycles. The molecule has 3 aromatic carbocycles. The zero-order chi connectivity index (χ0) is 19.1. The number of ether oxygens (including phenoxy) is 1. The number of hydrazone groups is 1. The number of amides is 1. The van der Waals surface area contributed by atoms with Crippen molar-refractivity contribution < 1.29 is 13.9 Å². The zero-order valence-corrected chi connectivity index (χ0v) is 15.8. The molecular formula is C21H16BrFN2O2. The monoisotopic (exact) mass is 426 g/mol. The Balaban J connectivity index is 1.53. The number of halogens is 2. The molecule has 3 rings (SSSR count).